The van der Waals surface area contributed by atoms with Crippen molar-refractivity contribution in [1.29, 1.82) is 0 Å². The maximum atomic E-state index is 11.7. The number of nitrogens with zero attached hydrogens (tertiary/aromatic N) is 1. The maximum absolute atomic E-state index is 11.7. The van der Waals surface area contributed by atoms with Gasteiger partial charge in [0.15, 0.2) is 0 Å². The number of carbonyl (C=O) groups excluding carboxylic acids is 1. The molecule has 0 heterocycles. The van der Waals surface area contributed by atoms with Crippen LogP contribution < -0.4 is 0 Å². The number of carbonyl (C=O) groups is 1. The Labute approximate surface area is 105 Å². The lowest BCUT2D eigenvalue weighted by atomic mass is 10.2. The van der Waals surface area contributed by atoms with Crippen LogP contribution in [0.1, 0.15) is 12.5 Å². The highest BCUT2D eigenvalue weighted by Crippen LogP contribution is 2.05. The molecule has 16 heavy (non-hydrogen) atoms. The molecule has 0 saturated carbocycles. The van der Waals surface area contributed by atoms with Gasteiger partial charge >= 0.3 is 0 Å². The molecule has 0 aliphatic rings. The minimum absolute atomic E-state index is 0.113. The van der Waals surface area contributed by atoms with Crippen LogP contribution in [0.15, 0.2) is 42.5 Å². The lowest BCUT2D eigenvalue weighted by Gasteiger charge is -2.20. The first kappa shape index (κ1) is 13.0. The molecule has 0 atom stereocenters. The average molecular weight is 282 g/mol. The fourth-order valence-electron chi connectivity index (χ4n) is 1.38. The topological polar surface area (TPSA) is 20.3 Å². The van der Waals surface area contributed by atoms with Gasteiger partial charge in [0.2, 0.25) is 5.91 Å². The first-order chi connectivity index (χ1) is 7.77. The molecule has 0 unspecified atom stereocenters. The number of alkyl halides is 1. The van der Waals surface area contributed by atoms with E-state index in [1.165, 1.54) is 0 Å². The van der Waals surface area contributed by atoms with Gasteiger partial charge in [-0.3, -0.25) is 4.79 Å². The molecule has 0 bridgehead atoms. The molecular formula is C13H16BrNO. The first-order valence-electron chi connectivity index (χ1n) is 5.26. The van der Waals surface area contributed by atoms with Gasteiger partial charge in [-0.2, -0.15) is 0 Å². The standard InChI is InChI=1S/C13H16BrNO/c1-2-3-9-15(13(16)10-14)11-12-7-5-4-6-8-12/h2-8H,9-11H2,1H3/b3-2+. The van der Waals surface area contributed by atoms with Gasteiger partial charge in [-0.25, -0.2) is 0 Å². The summed E-state index contributed by atoms with van der Waals surface area (Å²) in [6.45, 7) is 3.28. The van der Waals surface area contributed by atoms with Crippen molar-refractivity contribution in [1.82, 2.24) is 4.90 Å². The summed E-state index contributed by atoms with van der Waals surface area (Å²) in [6.07, 6.45) is 3.95. The molecule has 0 radical (unpaired) electrons. The second kappa shape index (κ2) is 7.23. The monoisotopic (exact) mass is 281 g/mol. The van der Waals surface area contributed by atoms with Crippen molar-refractivity contribution < 1.29 is 4.79 Å². The van der Waals surface area contributed by atoms with Gasteiger partial charge in [-0.05, 0) is 12.5 Å². The maximum Gasteiger partial charge on any atom is 0.233 e. The van der Waals surface area contributed by atoms with Crippen molar-refractivity contribution in [3.05, 3.63) is 48.0 Å². The fraction of sp³-hybridized carbons (Fsp3) is 0.308. The Morgan fingerprint density at radius 3 is 2.62 bits per heavy atom. The number of benzene rings is 1. The van der Waals surface area contributed by atoms with Gasteiger partial charge < -0.3 is 4.90 Å². The van der Waals surface area contributed by atoms with E-state index in [-0.39, 0.29) is 5.91 Å². The molecule has 86 valence electrons. The van der Waals surface area contributed by atoms with Crippen LogP contribution in [0.2, 0.25) is 0 Å². The summed E-state index contributed by atoms with van der Waals surface area (Å²) in [5.41, 5.74) is 1.15. The third kappa shape index (κ3) is 4.19. The van der Waals surface area contributed by atoms with Crippen LogP contribution in [0.3, 0.4) is 0 Å². The van der Waals surface area contributed by atoms with Crippen molar-refractivity contribution in [2.75, 3.05) is 11.9 Å². The van der Waals surface area contributed by atoms with E-state index >= 15 is 0 Å². The van der Waals surface area contributed by atoms with E-state index in [9.17, 15) is 4.79 Å². The molecule has 1 rings (SSSR count). The van der Waals surface area contributed by atoms with Gasteiger partial charge in [0.05, 0.1) is 5.33 Å². The molecule has 0 saturated heterocycles. The minimum atomic E-state index is 0.113. The SMILES string of the molecule is C/C=C/CN(Cc1ccccc1)C(=O)CBr. The molecule has 0 fully saturated rings. The summed E-state index contributed by atoms with van der Waals surface area (Å²) in [7, 11) is 0. The second-order valence-corrected chi connectivity index (χ2v) is 4.02. The van der Waals surface area contributed by atoms with Crippen LogP contribution in [0.4, 0.5) is 0 Å². The molecule has 0 aliphatic carbocycles. The van der Waals surface area contributed by atoms with E-state index in [1.807, 2.05) is 54.3 Å². The summed E-state index contributed by atoms with van der Waals surface area (Å²) < 4.78 is 0. The number of halogens is 1. The highest BCUT2D eigenvalue weighted by atomic mass is 79.9. The summed E-state index contributed by atoms with van der Waals surface area (Å²) in [5.74, 6) is 0.113. The van der Waals surface area contributed by atoms with Gasteiger partial charge in [-0.1, -0.05) is 58.4 Å². The fourth-order valence-corrected chi connectivity index (χ4v) is 1.73. The molecule has 0 spiro atoms. The Balaban J connectivity index is 2.66. The summed E-state index contributed by atoms with van der Waals surface area (Å²) in [4.78, 5) is 13.5. The predicted octanol–water partition coefficient (Wildman–Crippen LogP) is 2.99. The number of allylic oxidation sites excluding steroid dienone is 1. The number of amides is 1. The zero-order valence-electron chi connectivity index (χ0n) is 9.40. The largest absolute Gasteiger partial charge is 0.334 e. The van der Waals surface area contributed by atoms with Gasteiger partial charge in [0.1, 0.15) is 0 Å². The Hall–Kier alpha value is -1.09. The Bertz CT molecular complexity index is 348. The average Bonchev–Trinajstić information content (AvgIpc) is 2.34. The Morgan fingerprint density at radius 1 is 1.38 bits per heavy atom. The molecule has 0 N–H and O–H groups in total. The molecule has 1 amide bonds. The van der Waals surface area contributed by atoms with Gasteiger partial charge in [-0.15, -0.1) is 0 Å². The Kier molecular flexibility index (Phi) is 5.86. The lowest BCUT2D eigenvalue weighted by molar-refractivity contribution is -0.128. The number of rotatable bonds is 5. The molecule has 1 aromatic carbocycles. The van der Waals surface area contributed by atoms with Crippen molar-refractivity contribution >= 4 is 21.8 Å². The quantitative estimate of drug-likeness (QED) is 0.600. The summed E-state index contributed by atoms with van der Waals surface area (Å²) in [5, 5.41) is 0.372. The van der Waals surface area contributed by atoms with Crippen LogP contribution in [0.5, 0.6) is 0 Å². The summed E-state index contributed by atoms with van der Waals surface area (Å²) >= 11 is 3.21. The molecule has 2 nitrogen and oxygen atoms in total. The zero-order valence-corrected chi connectivity index (χ0v) is 11.0. The smallest absolute Gasteiger partial charge is 0.233 e. The normalized spacial score (nSPS) is 10.6. The van der Waals surface area contributed by atoms with E-state index < -0.39 is 0 Å². The molecule has 1 aromatic rings. The van der Waals surface area contributed by atoms with Crippen LogP contribution in [-0.2, 0) is 11.3 Å². The molecular weight excluding hydrogens is 266 g/mol. The van der Waals surface area contributed by atoms with Crippen LogP contribution >= 0.6 is 15.9 Å². The third-order valence-electron chi connectivity index (χ3n) is 2.24. The predicted molar refractivity (Wildman–Crippen MR) is 70.5 cm³/mol. The van der Waals surface area contributed by atoms with E-state index in [2.05, 4.69) is 15.9 Å². The zero-order chi connectivity index (χ0) is 11.8. The van der Waals surface area contributed by atoms with Crippen molar-refractivity contribution in [2.45, 2.75) is 13.5 Å². The van der Waals surface area contributed by atoms with Gasteiger partial charge in [0, 0.05) is 13.1 Å². The third-order valence-corrected chi connectivity index (χ3v) is 2.72. The van der Waals surface area contributed by atoms with Crippen molar-refractivity contribution in [3.63, 3.8) is 0 Å². The van der Waals surface area contributed by atoms with Crippen LogP contribution in [0, 0.1) is 0 Å². The highest BCUT2D eigenvalue weighted by Gasteiger charge is 2.10. The number of hydrogen-bond acceptors (Lipinski definition) is 1. The minimum Gasteiger partial charge on any atom is -0.334 e. The van der Waals surface area contributed by atoms with E-state index in [0.717, 1.165) is 5.56 Å². The summed E-state index contributed by atoms with van der Waals surface area (Å²) in [6, 6.07) is 10.0. The van der Waals surface area contributed by atoms with E-state index in [1.54, 1.807) is 0 Å². The van der Waals surface area contributed by atoms with Crippen molar-refractivity contribution in [2.24, 2.45) is 0 Å². The van der Waals surface area contributed by atoms with Crippen LogP contribution in [-0.4, -0.2) is 22.7 Å². The van der Waals surface area contributed by atoms with Crippen molar-refractivity contribution in [3.8, 4) is 0 Å². The molecule has 3 heteroatoms. The first-order valence-corrected chi connectivity index (χ1v) is 6.39. The van der Waals surface area contributed by atoms with Crippen LogP contribution in [0.25, 0.3) is 0 Å². The highest BCUT2D eigenvalue weighted by molar-refractivity contribution is 9.09. The van der Waals surface area contributed by atoms with Gasteiger partial charge in [0.25, 0.3) is 0 Å². The second-order valence-electron chi connectivity index (χ2n) is 3.46. The lowest BCUT2D eigenvalue weighted by Crippen LogP contribution is -2.31. The Morgan fingerprint density at radius 2 is 2.06 bits per heavy atom. The molecule has 0 aliphatic heterocycles. The van der Waals surface area contributed by atoms with E-state index in [4.69, 9.17) is 0 Å². The molecule has 0 aromatic heterocycles. The van der Waals surface area contributed by atoms with E-state index in [0.29, 0.717) is 18.4 Å². The number of hydrogen-bond donors (Lipinski definition) is 0.